The van der Waals surface area contributed by atoms with Crippen LogP contribution in [0.25, 0.3) is 0 Å². The minimum Gasteiger partial charge on any atom is -0.378 e. The number of nitrogens with two attached hydrogens (primary N) is 1. The highest BCUT2D eigenvalue weighted by molar-refractivity contribution is 5.86. The molecule has 0 saturated carbocycles. The predicted octanol–water partition coefficient (Wildman–Crippen LogP) is 0.997. The predicted molar refractivity (Wildman–Crippen MR) is 109 cm³/mol. The monoisotopic (exact) mass is 412 g/mol. The molecular weight excluding hydrogens is 388 g/mol. The molecule has 1 amide bonds. The van der Waals surface area contributed by atoms with Crippen LogP contribution in [-0.4, -0.2) is 64.0 Å². The van der Waals surface area contributed by atoms with Gasteiger partial charge in [-0.05, 0) is 53.9 Å². The molecule has 0 spiro atoms. The molecule has 0 aliphatic carbocycles. The van der Waals surface area contributed by atoms with Crippen LogP contribution in [-0.2, 0) is 4.79 Å². The average molecular weight is 412 g/mol. The maximum atomic E-state index is 12.8. The highest BCUT2D eigenvalue weighted by Gasteiger charge is 2.41. The Morgan fingerprint density at radius 2 is 2.00 bits per heavy atom. The topological polar surface area (TPSA) is 150 Å². The Morgan fingerprint density at radius 3 is 2.70 bits per heavy atom. The second-order valence-electron chi connectivity index (χ2n) is 7.26. The molecule has 4 heterocycles. The zero-order valence-electron chi connectivity index (χ0n) is 16.5. The van der Waals surface area contributed by atoms with E-state index in [2.05, 4.69) is 41.1 Å². The summed E-state index contributed by atoms with van der Waals surface area (Å²) in [7, 11) is 0. The second kappa shape index (κ2) is 9.39. The molecule has 2 unspecified atom stereocenters. The van der Waals surface area contributed by atoms with Gasteiger partial charge in [0.25, 0.3) is 5.91 Å². The zero-order chi connectivity index (χ0) is 20.8. The Balaban J connectivity index is 1.48. The van der Waals surface area contributed by atoms with E-state index in [9.17, 15) is 4.79 Å². The van der Waals surface area contributed by atoms with Crippen molar-refractivity contribution in [2.45, 2.75) is 37.8 Å². The summed E-state index contributed by atoms with van der Waals surface area (Å²) in [6.45, 7) is 2.52. The van der Waals surface area contributed by atoms with Crippen LogP contribution in [0.4, 0.5) is 11.6 Å². The van der Waals surface area contributed by atoms with Gasteiger partial charge >= 0.3 is 0 Å². The maximum Gasteiger partial charge on any atom is 0.269 e. The van der Waals surface area contributed by atoms with Crippen molar-refractivity contribution in [2.75, 3.05) is 30.4 Å². The van der Waals surface area contributed by atoms with E-state index >= 15 is 0 Å². The van der Waals surface area contributed by atoms with Gasteiger partial charge in [-0.15, -0.1) is 0 Å². The first-order chi connectivity index (χ1) is 14.7. The number of carbonyl (C=O) groups excluding carboxylic acids is 1. The molecule has 2 aliphatic heterocycles. The first-order valence-electron chi connectivity index (χ1n) is 9.96. The molecule has 1 fully saturated rings. The van der Waals surface area contributed by atoms with Gasteiger partial charge in [0.15, 0.2) is 6.04 Å². The number of rotatable bonds is 6. The van der Waals surface area contributed by atoms with Crippen molar-refractivity contribution in [1.82, 2.24) is 25.6 Å². The summed E-state index contributed by atoms with van der Waals surface area (Å²) in [4.78, 5) is 19.1. The Labute approximate surface area is 173 Å². The third kappa shape index (κ3) is 4.59. The number of hydrogen-bond acceptors (Lipinski definition) is 11. The van der Waals surface area contributed by atoms with Crippen LogP contribution in [0.15, 0.2) is 44.6 Å². The maximum absolute atomic E-state index is 12.8. The van der Waals surface area contributed by atoms with Crippen LogP contribution in [0.2, 0.25) is 0 Å². The van der Waals surface area contributed by atoms with Crippen LogP contribution in [0.3, 0.4) is 0 Å². The molecule has 158 valence electrons. The van der Waals surface area contributed by atoms with Crippen molar-refractivity contribution < 1.29 is 9.42 Å². The van der Waals surface area contributed by atoms with E-state index < -0.39 is 12.1 Å². The largest absolute Gasteiger partial charge is 0.378 e. The molecular formula is C18H24N10O2. The number of nitrogen functional groups attached to an aromatic ring is 1. The number of nitrogens with zero attached hydrogens (tertiary/aromatic N) is 8. The Morgan fingerprint density at radius 1 is 1.23 bits per heavy atom. The van der Waals surface area contributed by atoms with Gasteiger partial charge in [-0.25, -0.2) is 15.1 Å². The number of hydrazone groups is 1. The highest BCUT2D eigenvalue weighted by atomic mass is 16.6. The fraction of sp³-hybridized carbons (Fsp3) is 0.500. The smallest absolute Gasteiger partial charge is 0.269 e. The lowest BCUT2D eigenvalue weighted by molar-refractivity contribution is -0.122. The van der Waals surface area contributed by atoms with E-state index in [4.69, 9.17) is 10.4 Å². The molecule has 2 aromatic rings. The lowest BCUT2D eigenvalue weighted by atomic mass is 10.1. The van der Waals surface area contributed by atoms with Gasteiger partial charge in [0.2, 0.25) is 11.6 Å². The first kappa shape index (κ1) is 19.9. The quantitative estimate of drug-likeness (QED) is 0.527. The van der Waals surface area contributed by atoms with Gasteiger partial charge in [0.1, 0.15) is 6.04 Å². The molecule has 30 heavy (non-hydrogen) atoms. The molecule has 1 saturated heterocycles. The molecule has 0 bridgehead atoms. The number of aromatic nitrogens is 3. The molecule has 0 aromatic carbocycles. The van der Waals surface area contributed by atoms with Crippen molar-refractivity contribution in [1.29, 1.82) is 0 Å². The number of amides is 1. The van der Waals surface area contributed by atoms with E-state index in [0.717, 1.165) is 31.5 Å². The number of pyridine rings is 1. The standard InChI is InChI=1S/C18H24N10O2/c19-16-17(25-30-24-16)28-14(12-27-9-3-1-2-4-10-27)15(22-26-28)18(29)23-21-11-13-5-7-20-8-6-13/h5-8,11,14-15H,1-4,9-10,12H2,(H2,19,24)(H,23,29)/b21-11+. The van der Waals surface area contributed by atoms with Gasteiger partial charge in [-0.1, -0.05) is 18.1 Å². The molecule has 2 aromatic heterocycles. The third-order valence-electron chi connectivity index (χ3n) is 5.17. The van der Waals surface area contributed by atoms with E-state index in [-0.39, 0.29) is 17.5 Å². The Hall–Kier alpha value is -3.41. The van der Waals surface area contributed by atoms with E-state index in [1.807, 2.05) is 0 Å². The fourth-order valence-electron chi connectivity index (χ4n) is 3.61. The van der Waals surface area contributed by atoms with Gasteiger partial charge in [-0.2, -0.15) is 10.2 Å². The van der Waals surface area contributed by atoms with Crippen LogP contribution < -0.4 is 16.2 Å². The van der Waals surface area contributed by atoms with E-state index in [0.29, 0.717) is 6.54 Å². The minimum atomic E-state index is -0.765. The Bertz CT molecular complexity index is 891. The SMILES string of the molecule is Nc1nonc1N1N=NC(C(=O)N/N=C/c2ccncc2)C1CN1CCCCCC1. The lowest BCUT2D eigenvalue weighted by Crippen LogP contribution is -2.50. The summed E-state index contributed by atoms with van der Waals surface area (Å²) in [5, 5.41) is 21.3. The van der Waals surface area contributed by atoms with Crippen molar-refractivity contribution in [3.05, 3.63) is 30.1 Å². The van der Waals surface area contributed by atoms with Crippen LogP contribution in [0.5, 0.6) is 0 Å². The van der Waals surface area contributed by atoms with Crippen molar-refractivity contribution >= 4 is 23.8 Å². The highest BCUT2D eigenvalue weighted by Crippen LogP contribution is 2.29. The van der Waals surface area contributed by atoms with E-state index in [1.165, 1.54) is 17.9 Å². The normalized spacial score (nSPS) is 22.5. The summed E-state index contributed by atoms with van der Waals surface area (Å²) in [6, 6.07) is 2.41. The van der Waals surface area contributed by atoms with Gasteiger partial charge in [-0.3, -0.25) is 9.78 Å². The second-order valence-corrected chi connectivity index (χ2v) is 7.26. The molecule has 4 rings (SSSR count). The number of anilines is 2. The van der Waals surface area contributed by atoms with Crippen molar-refractivity contribution in [2.24, 2.45) is 15.4 Å². The van der Waals surface area contributed by atoms with Gasteiger partial charge < -0.3 is 10.6 Å². The molecule has 3 N–H and O–H groups in total. The summed E-state index contributed by atoms with van der Waals surface area (Å²) in [6.07, 6.45) is 9.54. The number of likely N-dealkylation sites (tertiary alicyclic amines) is 1. The summed E-state index contributed by atoms with van der Waals surface area (Å²) >= 11 is 0. The van der Waals surface area contributed by atoms with Gasteiger partial charge in [0, 0.05) is 18.9 Å². The van der Waals surface area contributed by atoms with Gasteiger partial charge in [0.05, 0.1) is 6.21 Å². The van der Waals surface area contributed by atoms with Crippen molar-refractivity contribution in [3.63, 3.8) is 0 Å². The molecule has 12 nitrogen and oxygen atoms in total. The number of carbonyl (C=O) groups is 1. The summed E-state index contributed by atoms with van der Waals surface area (Å²) in [5.41, 5.74) is 9.23. The molecule has 2 atom stereocenters. The molecule has 0 radical (unpaired) electrons. The van der Waals surface area contributed by atoms with E-state index in [1.54, 1.807) is 30.7 Å². The number of hydrogen-bond donors (Lipinski definition) is 2. The fourth-order valence-corrected chi connectivity index (χ4v) is 3.61. The summed E-state index contributed by atoms with van der Waals surface area (Å²) < 4.78 is 4.71. The first-order valence-corrected chi connectivity index (χ1v) is 9.96. The Kier molecular flexibility index (Phi) is 6.23. The summed E-state index contributed by atoms with van der Waals surface area (Å²) in [5.74, 6) is 0.00199. The third-order valence-corrected chi connectivity index (χ3v) is 5.17. The van der Waals surface area contributed by atoms with Crippen LogP contribution in [0, 0.1) is 0 Å². The molecule has 12 heteroatoms. The minimum absolute atomic E-state index is 0.103. The van der Waals surface area contributed by atoms with Crippen molar-refractivity contribution in [3.8, 4) is 0 Å². The average Bonchev–Trinajstić information content (AvgIpc) is 3.26. The lowest BCUT2D eigenvalue weighted by Gasteiger charge is -2.29. The van der Waals surface area contributed by atoms with Crippen LogP contribution >= 0.6 is 0 Å². The molecule has 2 aliphatic rings. The number of nitrogens with one attached hydrogen (secondary N) is 1. The zero-order valence-corrected chi connectivity index (χ0v) is 16.5. The van der Waals surface area contributed by atoms with Crippen LogP contribution in [0.1, 0.15) is 31.2 Å².